The van der Waals surface area contributed by atoms with Crippen LogP contribution < -0.4 is 5.32 Å². The molecule has 0 aromatic heterocycles. The summed E-state index contributed by atoms with van der Waals surface area (Å²) in [6.45, 7) is 11.8. The second-order valence-corrected chi connectivity index (χ2v) is 5.39. The monoisotopic (exact) mass is 245 g/mol. The fraction of sp³-hybridized carbons (Fsp3) is 1.00. The van der Waals surface area contributed by atoms with Crippen molar-refractivity contribution in [2.75, 3.05) is 53.4 Å². The van der Waals surface area contributed by atoms with Gasteiger partial charge in [0.1, 0.15) is 0 Å². The lowest BCUT2D eigenvalue weighted by molar-refractivity contribution is 0.162. The number of hydrogen-bond donors (Lipinski definition) is 2. The molecule has 0 aliphatic heterocycles. The second kappa shape index (κ2) is 9.83. The zero-order chi connectivity index (χ0) is 13.3. The molecule has 0 spiro atoms. The van der Waals surface area contributed by atoms with E-state index in [9.17, 15) is 5.11 Å². The molecule has 0 heterocycles. The summed E-state index contributed by atoms with van der Waals surface area (Å²) < 4.78 is 0. The van der Waals surface area contributed by atoms with Gasteiger partial charge in [-0.2, -0.15) is 0 Å². The standard InChI is InChI=1S/C13H31N3O/c1-6-14-13(11-17)10-16(9-12(2)3)8-7-15(4)5/h12-14,17H,6-11H2,1-5H3. The van der Waals surface area contributed by atoms with Gasteiger partial charge in [-0.25, -0.2) is 0 Å². The third-order valence-corrected chi connectivity index (χ3v) is 2.68. The summed E-state index contributed by atoms with van der Waals surface area (Å²) in [5.74, 6) is 0.665. The number of likely N-dealkylation sites (N-methyl/N-ethyl adjacent to an activating group) is 2. The van der Waals surface area contributed by atoms with Gasteiger partial charge >= 0.3 is 0 Å². The number of aliphatic hydroxyl groups excluding tert-OH is 1. The van der Waals surface area contributed by atoms with Gasteiger partial charge in [0.2, 0.25) is 0 Å². The summed E-state index contributed by atoms with van der Waals surface area (Å²) in [7, 11) is 4.20. The highest BCUT2D eigenvalue weighted by molar-refractivity contribution is 4.72. The van der Waals surface area contributed by atoms with Crippen molar-refractivity contribution in [2.45, 2.75) is 26.8 Å². The van der Waals surface area contributed by atoms with Gasteiger partial charge in [0, 0.05) is 32.2 Å². The van der Waals surface area contributed by atoms with E-state index in [0.717, 1.165) is 32.7 Å². The maximum atomic E-state index is 9.32. The Morgan fingerprint density at radius 1 is 1.12 bits per heavy atom. The van der Waals surface area contributed by atoms with Gasteiger partial charge in [-0.15, -0.1) is 0 Å². The fourth-order valence-corrected chi connectivity index (χ4v) is 1.90. The third kappa shape index (κ3) is 9.53. The van der Waals surface area contributed by atoms with Gasteiger partial charge in [-0.05, 0) is 26.6 Å². The van der Waals surface area contributed by atoms with Crippen LogP contribution in [0.15, 0.2) is 0 Å². The minimum atomic E-state index is 0.195. The van der Waals surface area contributed by atoms with Crippen LogP contribution in [-0.2, 0) is 0 Å². The van der Waals surface area contributed by atoms with Crippen LogP contribution >= 0.6 is 0 Å². The van der Waals surface area contributed by atoms with Crippen molar-refractivity contribution in [3.8, 4) is 0 Å². The first-order valence-corrected chi connectivity index (χ1v) is 6.70. The lowest BCUT2D eigenvalue weighted by atomic mass is 10.2. The molecule has 0 rings (SSSR count). The van der Waals surface area contributed by atoms with Gasteiger partial charge in [-0.1, -0.05) is 20.8 Å². The SMILES string of the molecule is CCNC(CO)CN(CCN(C)C)CC(C)C. The summed E-state index contributed by atoms with van der Waals surface area (Å²) in [6, 6.07) is 0.195. The Kier molecular flexibility index (Phi) is 9.74. The molecule has 0 radical (unpaired) electrons. The maximum absolute atomic E-state index is 9.32. The first-order chi connectivity index (χ1) is 7.99. The van der Waals surface area contributed by atoms with E-state index in [4.69, 9.17) is 0 Å². The summed E-state index contributed by atoms with van der Waals surface area (Å²) in [4.78, 5) is 4.64. The maximum Gasteiger partial charge on any atom is 0.0597 e. The van der Waals surface area contributed by atoms with Gasteiger partial charge < -0.3 is 20.2 Å². The molecule has 0 amide bonds. The molecule has 4 nitrogen and oxygen atoms in total. The average molecular weight is 245 g/mol. The molecule has 0 saturated carbocycles. The van der Waals surface area contributed by atoms with Crippen molar-refractivity contribution in [1.29, 1.82) is 0 Å². The summed E-state index contributed by atoms with van der Waals surface area (Å²) in [5, 5.41) is 12.6. The van der Waals surface area contributed by atoms with E-state index in [1.54, 1.807) is 0 Å². The van der Waals surface area contributed by atoms with E-state index in [2.05, 4.69) is 50.0 Å². The number of aliphatic hydroxyl groups is 1. The molecule has 0 aromatic rings. The van der Waals surface area contributed by atoms with E-state index in [1.165, 1.54) is 0 Å². The largest absolute Gasteiger partial charge is 0.395 e. The van der Waals surface area contributed by atoms with Crippen molar-refractivity contribution >= 4 is 0 Å². The number of nitrogens with one attached hydrogen (secondary N) is 1. The quantitative estimate of drug-likeness (QED) is 0.587. The summed E-state index contributed by atoms with van der Waals surface area (Å²) in [6.07, 6.45) is 0. The molecule has 1 atom stereocenters. The van der Waals surface area contributed by atoms with Crippen LogP contribution in [0.2, 0.25) is 0 Å². The first-order valence-electron chi connectivity index (χ1n) is 6.70. The van der Waals surface area contributed by atoms with Crippen molar-refractivity contribution < 1.29 is 5.11 Å². The molecular formula is C13H31N3O. The molecule has 0 aromatic carbocycles. The predicted molar refractivity (Wildman–Crippen MR) is 74.4 cm³/mol. The second-order valence-electron chi connectivity index (χ2n) is 5.39. The smallest absolute Gasteiger partial charge is 0.0597 e. The van der Waals surface area contributed by atoms with Gasteiger partial charge in [0.05, 0.1) is 6.61 Å². The Morgan fingerprint density at radius 3 is 2.18 bits per heavy atom. The lowest BCUT2D eigenvalue weighted by Crippen LogP contribution is -2.46. The first kappa shape index (κ1) is 16.8. The van der Waals surface area contributed by atoms with Crippen LogP contribution in [0, 0.1) is 5.92 Å². The van der Waals surface area contributed by atoms with Crippen LogP contribution in [0.5, 0.6) is 0 Å². The normalized spacial score (nSPS) is 13.9. The molecule has 1 unspecified atom stereocenters. The minimum absolute atomic E-state index is 0.195. The zero-order valence-electron chi connectivity index (χ0n) is 12.2. The number of hydrogen-bond acceptors (Lipinski definition) is 4. The Balaban J connectivity index is 4.14. The molecule has 0 aliphatic rings. The van der Waals surface area contributed by atoms with Crippen molar-refractivity contribution in [2.24, 2.45) is 5.92 Å². The molecule has 0 saturated heterocycles. The molecule has 0 bridgehead atoms. The molecule has 104 valence electrons. The topological polar surface area (TPSA) is 38.7 Å². The van der Waals surface area contributed by atoms with Gasteiger partial charge in [0.25, 0.3) is 0 Å². The van der Waals surface area contributed by atoms with E-state index in [0.29, 0.717) is 5.92 Å². The Hall–Kier alpha value is -0.160. The van der Waals surface area contributed by atoms with Crippen LogP contribution in [0.4, 0.5) is 0 Å². The van der Waals surface area contributed by atoms with Crippen LogP contribution in [0.1, 0.15) is 20.8 Å². The van der Waals surface area contributed by atoms with E-state index >= 15 is 0 Å². The molecule has 4 heteroatoms. The van der Waals surface area contributed by atoms with Crippen LogP contribution in [-0.4, -0.2) is 74.4 Å². The highest BCUT2D eigenvalue weighted by Gasteiger charge is 2.13. The number of rotatable bonds is 10. The highest BCUT2D eigenvalue weighted by atomic mass is 16.3. The Bertz CT molecular complexity index is 174. The van der Waals surface area contributed by atoms with Crippen LogP contribution in [0.3, 0.4) is 0 Å². The van der Waals surface area contributed by atoms with E-state index in [-0.39, 0.29) is 12.6 Å². The van der Waals surface area contributed by atoms with E-state index < -0.39 is 0 Å². The average Bonchev–Trinajstić information content (AvgIpc) is 2.24. The van der Waals surface area contributed by atoms with Gasteiger partial charge in [-0.3, -0.25) is 0 Å². The lowest BCUT2D eigenvalue weighted by Gasteiger charge is -2.29. The highest BCUT2D eigenvalue weighted by Crippen LogP contribution is 2.00. The van der Waals surface area contributed by atoms with E-state index in [1.807, 2.05) is 0 Å². The number of nitrogens with zero attached hydrogens (tertiary/aromatic N) is 2. The molecule has 17 heavy (non-hydrogen) atoms. The zero-order valence-corrected chi connectivity index (χ0v) is 12.2. The fourth-order valence-electron chi connectivity index (χ4n) is 1.90. The predicted octanol–water partition coefficient (Wildman–Crippen LogP) is 0.476. The molecule has 0 fully saturated rings. The minimum Gasteiger partial charge on any atom is -0.395 e. The third-order valence-electron chi connectivity index (χ3n) is 2.68. The Labute approximate surface area is 107 Å². The Morgan fingerprint density at radius 2 is 1.76 bits per heavy atom. The van der Waals surface area contributed by atoms with Crippen molar-refractivity contribution in [1.82, 2.24) is 15.1 Å². The summed E-state index contributed by atoms with van der Waals surface area (Å²) in [5.41, 5.74) is 0. The van der Waals surface area contributed by atoms with Crippen molar-refractivity contribution in [3.63, 3.8) is 0 Å². The molecular weight excluding hydrogens is 214 g/mol. The molecule has 0 aliphatic carbocycles. The molecule has 2 N–H and O–H groups in total. The van der Waals surface area contributed by atoms with Gasteiger partial charge in [0.15, 0.2) is 0 Å². The summed E-state index contributed by atoms with van der Waals surface area (Å²) >= 11 is 0. The van der Waals surface area contributed by atoms with Crippen LogP contribution in [0.25, 0.3) is 0 Å². The van der Waals surface area contributed by atoms with Crippen molar-refractivity contribution in [3.05, 3.63) is 0 Å².